The lowest BCUT2D eigenvalue weighted by Gasteiger charge is -2.22. The van der Waals surface area contributed by atoms with E-state index in [-0.39, 0.29) is 5.56 Å². The Morgan fingerprint density at radius 3 is 2.52 bits per heavy atom. The van der Waals surface area contributed by atoms with Crippen molar-refractivity contribution in [3.63, 3.8) is 0 Å². The van der Waals surface area contributed by atoms with Crippen LogP contribution in [0.2, 0.25) is 0 Å². The first-order valence-electron chi connectivity index (χ1n) is 13.5. The standard InChI is InChI=1S/C31H32F3N7O/c1-21-8-9-25(18-27(21)40-14-10-29-36-20-28(41(29)40)22-7-5-11-35-19-22)37-30(42)23-15-24(31(32,33)34)17-26(16-23)39(4)13-6-12-38(2)3/h5,7-11,14-20H,6,12-13H2,1-4H3,(H,37,42). The van der Waals surface area contributed by atoms with E-state index in [4.69, 9.17) is 0 Å². The van der Waals surface area contributed by atoms with E-state index in [1.165, 1.54) is 6.07 Å². The number of hydrogen-bond acceptors (Lipinski definition) is 5. The van der Waals surface area contributed by atoms with Crippen molar-refractivity contribution >= 4 is 22.9 Å². The number of halogens is 3. The highest BCUT2D eigenvalue weighted by Gasteiger charge is 2.32. The minimum Gasteiger partial charge on any atom is -0.375 e. The summed E-state index contributed by atoms with van der Waals surface area (Å²) in [6.07, 6.45) is 3.28. The van der Waals surface area contributed by atoms with Gasteiger partial charge in [-0.1, -0.05) is 6.07 Å². The van der Waals surface area contributed by atoms with Crippen molar-refractivity contribution < 1.29 is 18.0 Å². The zero-order chi connectivity index (χ0) is 30.0. The number of rotatable bonds is 9. The second-order valence-corrected chi connectivity index (χ2v) is 10.5. The number of imidazole rings is 1. The molecule has 3 aromatic heterocycles. The van der Waals surface area contributed by atoms with Gasteiger partial charge in [-0.25, -0.2) is 9.50 Å². The maximum absolute atomic E-state index is 13.8. The van der Waals surface area contributed by atoms with Gasteiger partial charge in [-0.3, -0.25) is 14.5 Å². The van der Waals surface area contributed by atoms with Crippen LogP contribution in [0.15, 0.2) is 79.4 Å². The van der Waals surface area contributed by atoms with E-state index < -0.39 is 17.6 Å². The Hall–Kier alpha value is -4.64. The predicted molar refractivity (Wildman–Crippen MR) is 158 cm³/mol. The van der Waals surface area contributed by atoms with E-state index in [1.807, 2.05) is 65.6 Å². The molecule has 0 aliphatic carbocycles. The third kappa shape index (κ3) is 6.15. The molecule has 5 rings (SSSR count). The fraction of sp³-hybridized carbons (Fsp3) is 0.258. The van der Waals surface area contributed by atoms with Crippen LogP contribution in [0.4, 0.5) is 24.5 Å². The number of nitrogens with one attached hydrogen (secondary N) is 1. The molecular formula is C31H32F3N7O. The van der Waals surface area contributed by atoms with E-state index in [9.17, 15) is 18.0 Å². The predicted octanol–water partition coefficient (Wildman–Crippen LogP) is 6.15. The van der Waals surface area contributed by atoms with E-state index in [1.54, 1.807) is 42.7 Å². The molecule has 0 bridgehead atoms. The zero-order valence-corrected chi connectivity index (χ0v) is 23.9. The average molecular weight is 576 g/mol. The molecule has 2 aromatic carbocycles. The first-order chi connectivity index (χ1) is 20.0. The molecule has 1 amide bonds. The summed E-state index contributed by atoms with van der Waals surface area (Å²) >= 11 is 0. The van der Waals surface area contributed by atoms with Crippen LogP contribution in [0.5, 0.6) is 0 Å². The molecule has 0 radical (unpaired) electrons. The normalized spacial score (nSPS) is 11.8. The van der Waals surface area contributed by atoms with Gasteiger partial charge in [-0.2, -0.15) is 13.2 Å². The molecule has 0 saturated carbocycles. The monoisotopic (exact) mass is 575 g/mol. The van der Waals surface area contributed by atoms with Gasteiger partial charge in [-0.15, -0.1) is 0 Å². The molecule has 0 spiro atoms. The number of aryl methyl sites for hydroxylation is 1. The number of carbonyl (C=O) groups is 1. The van der Waals surface area contributed by atoms with Gasteiger partial charge in [-0.05, 0) is 82.0 Å². The van der Waals surface area contributed by atoms with Crippen molar-refractivity contribution in [1.82, 2.24) is 24.1 Å². The third-order valence-electron chi connectivity index (χ3n) is 7.06. The van der Waals surface area contributed by atoms with E-state index >= 15 is 0 Å². The first-order valence-corrected chi connectivity index (χ1v) is 13.5. The molecule has 8 nitrogen and oxygen atoms in total. The van der Waals surface area contributed by atoms with Crippen LogP contribution in [0.25, 0.3) is 22.6 Å². The highest BCUT2D eigenvalue weighted by atomic mass is 19.4. The maximum atomic E-state index is 13.8. The fourth-order valence-corrected chi connectivity index (χ4v) is 4.82. The van der Waals surface area contributed by atoms with Crippen molar-refractivity contribution in [3.05, 3.63) is 96.1 Å². The molecule has 0 aliphatic rings. The van der Waals surface area contributed by atoms with E-state index in [0.717, 1.165) is 53.3 Å². The molecule has 0 atom stereocenters. The lowest BCUT2D eigenvalue weighted by atomic mass is 10.1. The molecule has 0 fully saturated rings. The lowest BCUT2D eigenvalue weighted by Crippen LogP contribution is -2.24. The van der Waals surface area contributed by atoms with Gasteiger partial charge >= 0.3 is 6.18 Å². The number of hydrogen-bond donors (Lipinski definition) is 1. The van der Waals surface area contributed by atoms with Crippen molar-refractivity contribution in [3.8, 4) is 16.9 Å². The Bertz CT molecular complexity index is 1710. The minimum atomic E-state index is -4.59. The Labute approximate surface area is 242 Å². The molecular weight excluding hydrogens is 543 g/mol. The van der Waals surface area contributed by atoms with Gasteiger partial charge in [0.25, 0.3) is 5.91 Å². The topological polar surface area (TPSA) is 70.7 Å². The van der Waals surface area contributed by atoms with E-state index in [2.05, 4.69) is 15.3 Å². The van der Waals surface area contributed by atoms with Crippen molar-refractivity contribution in [2.45, 2.75) is 19.5 Å². The molecule has 0 unspecified atom stereocenters. The van der Waals surface area contributed by atoms with Gasteiger partial charge in [0.05, 0.1) is 23.1 Å². The number of anilines is 2. The number of aromatic nitrogens is 4. The molecule has 0 saturated heterocycles. The maximum Gasteiger partial charge on any atom is 0.416 e. The van der Waals surface area contributed by atoms with Crippen molar-refractivity contribution in [2.24, 2.45) is 0 Å². The van der Waals surface area contributed by atoms with Gasteiger partial charge < -0.3 is 15.1 Å². The quantitative estimate of drug-likeness (QED) is 0.228. The van der Waals surface area contributed by atoms with Crippen LogP contribution >= 0.6 is 0 Å². The van der Waals surface area contributed by atoms with Crippen LogP contribution in [0.3, 0.4) is 0 Å². The summed E-state index contributed by atoms with van der Waals surface area (Å²) in [5.74, 6) is -0.629. The largest absolute Gasteiger partial charge is 0.416 e. The Morgan fingerprint density at radius 2 is 1.81 bits per heavy atom. The second kappa shape index (κ2) is 11.7. The summed E-state index contributed by atoms with van der Waals surface area (Å²) < 4.78 is 45.3. The first kappa shape index (κ1) is 28.9. The summed E-state index contributed by atoms with van der Waals surface area (Å²) in [6.45, 7) is 3.28. The Morgan fingerprint density at radius 1 is 1.00 bits per heavy atom. The van der Waals surface area contributed by atoms with Crippen LogP contribution < -0.4 is 10.2 Å². The Balaban J connectivity index is 1.45. The summed E-state index contributed by atoms with van der Waals surface area (Å²) in [4.78, 5) is 25.8. The van der Waals surface area contributed by atoms with Gasteiger partial charge in [0.2, 0.25) is 0 Å². The van der Waals surface area contributed by atoms with Crippen LogP contribution in [-0.2, 0) is 6.18 Å². The number of carbonyl (C=O) groups excluding carboxylic acids is 1. The molecule has 11 heteroatoms. The molecule has 5 aromatic rings. The average Bonchev–Trinajstić information content (AvgIpc) is 3.56. The van der Waals surface area contributed by atoms with Crippen molar-refractivity contribution in [1.29, 1.82) is 0 Å². The number of pyridine rings is 1. The fourth-order valence-electron chi connectivity index (χ4n) is 4.82. The molecule has 3 heterocycles. The van der Waals surface area contributed by atoms with Crippen molar-refractivity contribution in [2.75, 3.05) is 44.4 Å². The molecule has 42 heavy (non-hydrogen) atoms. The van der Waals surface area contributed by atoms with E-state index in [0.29, 0.717) is 17.9 Å². The summed E-state index contributed by atoms with van der Waals surface area (Å²) in [6, 6.07) is 14.5. The highest BCUT2D eigenvalue weighted by Crippen LogP contribution is 2.33. The zero-order valence-electron chi connectivity index (χ0n) is 23.9. The molecule has 1 N–H and O–H groups in total. The summed E-state index contributed by atoms with van der Waals surface area (Å²) in [5, 5.41) is 2.80. The number of amides is 1. The molecule has 0 aliphatic heterocycles. The number of fused-ring (bicyclic) bond motifs is 1. The van der Waals surface area contributed by atoms with Gasteiger partial charge in [0, 0.05) is 60.8 Å². The number of benzene rings is 2. The van der Waals surface area contributed by atoms with Crippen LogP contribution in [0, 0.1) is 6.92 Å². The summed E-state index contributed by atoms with van der Waals surface area (Å²) in [5.41, 5.74) is 3.99. The number of alkyl halides is 3. The van der Waals surface area contributed by atoms with Gasteiger partial charge in [0.15, 0.2) is 5.65 Å². The minimum absolute atomic E-state index is 0.0711. The third-order valence-corrected chi connectivity index (χ3v) is 7.06. The summed E-state index contributed by atoms with van der Waals surface area (Å²) in [7, 11) is 5.61. The second-order valence-electron chi connectivity index (χ2n) is 10.5. The van der Waals surface area contributed by atoms with Crippen LogP contribution in [-0.4, -0.2) is 64.2 Å². The lowest BCUT2D eigenvalue weighted by molar-refractivity contribution is -0.137. The highest BCUT2D eigenvalue weighted by molar-refractivity contribution is 6.05. The SMILES string of the molecule is Cc1ccc(NC(=O)c2cc(N(C)CCCN(C)C)cc(C(F)(F)F)c2)cc1-n1ccc2ncc(-c3cccnc3)n21. The van der Waals surface area contributed by atoms with Gasteiger partial charge in [0.1, 0.15) is 0 Å². The Kier molecular flexibility index (Phi) is 8.04. The number of nitrogens with zero attached hydrogens (tertiary/aromatic N) is 6. The molecule has 218 valence electrons. The van der Waals surface area contributed by atoms with Crippen LogP contribution in [0.1, 0.15) is 27.9 Å². The smallest absolute Gasteiger partial charge is 0.375 e.